The molecule has 0 bridgehead atoms. The lowest BCUT2D eigenvalue weighted by atomic mass is 9.77. The number of anilines is 1. The number of urea groups is 1. The summed E-state index contributed by atoms with van der Waals surface area (Å²) in [5.74, 6) is -0.242. The number of likely N-dealkylation sites (tertiary alicyclic amines) is 1. The maximum Gasteiger partial charge on any atom is 0.328 e. The van der Waals surface area contributed by atoms with Crippen LogP contribution in [0.3, 0.4) is 0 Å². The fourth-order valence-corrected chi connectivity index (χ4v) is 9.04. The first-order chi connectivity index (χ1) is 31.0. The van der Waals surface area contributed by atoms with Gasteiger partial charge in [-0.25, -0.2) is 24.1 Å². The van der Waals surface area contributed by atoms with Crippen LogP contribution in [0.15, 0.2) is 61.1 Å². The molecule has 5 amide bonds. The number of β-amino-alcohol motifs (C(OH)–C–C–N with tert-alkyl or cyclic N) is 1. The molecule has 2 aromatic carbocycles. The third kappa shape index (κ3) is 10.7. The number of aliphatic hydroxyl groups is 1. The molecule has 0 radical (unpaired) electrons. The number of nitrogens with one attached hydrogen (secondary N) is 2. The largest absolute Gasteiger partial charge is 0.484 e. The summed E-state index contributed by atoms with van der Waals surface area (Å²) in [6, 6.07) is 12.7. The number of ether oxygens (including phenoxy) is 2. The average Bonchev–Trinajstić information content (AvgIpc) is 3.70. The van der Waals surface area contributed by atoms with Crippen molar-refractivity contribution in [2.45, 2.75) is 59.0 Å². The van der Waals surface area contributed by atoms with Crippen LogP contribution in [0.5, 0.6) is 11.6 Å². The van der Waals surface area contributed by atoms with Crippen molar-refractivity contribution in [3.05, 3.63) is 83.0 Å². The normalized spacial score (nSPS) is 16.7. The SMILES string of the molecule is Cc1c(CC(=O)N2CC(O)(CC(C)(C)C)C2)cc(F)cc1-c1ncnc2[nH]c(-c3ccc(OCCCN4CCN(C(=O)COc5ccc(Cl)c(N6CCC(=O)NC6=O)c5)CC4)nc3)cc12. The molecule has 0 aliphatic carbocycles. The molecule has 3 aliphatic heterocycles. The number of hydrogen-bond donors (Lipinski definition) is 3. The first-order valence-corrected chi connectivity index (χ1v) is 22.1. The number of carbonyl (C=O) groups is 4. The topological polar surface area (TPSA) is 186 Å². The van der Waals surface area contributed by atoms with Crippen LogP contribution in [-0.4, -0.2) is 135 Å². The molecule has 342 valence electrons. The molecule has 5 aromatic rings. The van der Waals surface area contributed by atoms with E-state index in [2.05, 4.69) is 50.9 Å². The molecule has 8 rings (SSSR count). The number of imide groups is 1. The number of amides is 5. The average molecular weight is 910 g/mol. The van der Waals surface area contributed by atoms with Crippen molar-refractivity contribution in [2.75, 3.05) is 70.5 Å². The van der Waals surface area contributed by atoms with Gasteiger partial charge in [0.2, 0.25) is 17.7 Å². The van der Waals surface area contributed by atoms with E-state index in [1.165, 1.54) is 23.4 Å². The summed E-state index contributed by atoms with van der Waals surface area (Å²) in [4.78, 5) is 74.0. The van der Waals surface area contributed by atoms with Gasteiger partial charge < -0.3 is 29.4 Å². The second-order valence-electron chi connectivity index (χ2n) is 18.3. The number of pyridine rings is 1. The molecule has 18 heteroatoms. The second-order valence-corrected chi connectivity index (χ2v) is 18.7. The van der Waals surface area contributed by atoms with Crippen LogP contribution in [0.25, 0.3) is 33.5 Å². The van der Waals surface area contributed by atoms with Crippen molar-refractivity contribution in [1.82, 2.24) is 40.0 Å². The van der Waals surface area contributed by atoms with Crippen LogP contribution in [0.4, 0.5) is 14.9 Å². The minimum Gasteiger partial charge on any atom is -0.484 e. The van der Waals surface area contributed by atoms with Gasteiger partial charge >= 0.3 is 6.03 Å². The molecule has 0 unspecified atom stereocenters. The van der Waals surface area contributed by atoms with Gasteiger partial charge in [-0.15, -0.1) is 0 Å². The lowest BCUT2D eigenvalue weighted by Gasteiger charge is -2.49. The predicted octanol–water partition coefficient (Wildman–Crippen LogP) is 5.78. The van der Waals surface area contributed by atoms with E-state index in [9.17, 15) is 24.3 Å². The predicted molar refractivity (Wildman–Crippen MR) is 242 cm³/mol. The summed E-state index contributed by atoms with van der Waals surface area (Å²) >= 11 is 6.33. The standard InChI is InChI=1S/C47H53ClFN9O7/c1-29-31(19-41(60)57-26-47(63,27-57)25-46(2,3)4)18-32(49)20-34(29)43-35-22-37(53-44(35)52-28-51-43)30-6-9-40(50-23-30)64-17-5-11-55-13-15-56(16-14-55)42(61)24-65-33-7-8-36(48)38(21-33)58-12-10-39(59)54-45(58)62/h6-9,18,20-23,28,63H,5,10-17,19,24-27H2,1-4H3,(H,51,52,53)(H,54,59,62). The van der Waals surface area contributed by atoms with Gasteiger partial charge in [0.05, 0.1) is 42.5 Å². The van der Waals surface area contributed by atoms with Gasteiger partial charge in [-0.3, -0.25) is 29.5 Å². The number of piperazine rings is 1. The van der Waals surface area contributed by atoms with Gasteiger partial charge in [-0.05, 0) is 72.7 Å². The number of aromatic nitrogens is 4. The van der Waals surface area contributed by atoms with Gasteiger partial charge in [0, 0.05) is 86.2 Å². The van der Waals surface area contributed by atoms with Gasteiger partial charge in [0.25, 0.3) is 5.91 Å². The third-order valence-corrected chi connectivity index (χ3v) is 12.3. The second kappa shape index (κ2) is 18.7. The number of aromatic amines is 1. The summed E-state index contributed by atoms with van der Waals surface area (Å²) in [7, 11) is 0. The number of halogens is 2. The highest BCUT2D eigenvalue weighted by molar-refractivity contribution is 6.34. The molecule has 3 fully saturated rings. The Bertz CT molecular complexity index is 2600. The Balaban J connectivity index is 0.797. The van der Waals surface area contributed by atoms with Crippen molar-refractivity contribution in [3.8, 4) is 34.1 Å². The zero-order valence-electron chi connectivity index (χ0n) is 37.0. The molecule has 3 saturated heterocycles. The summed E-state index contributed by atoms with van der Waals surface area (Å²) in [5, 5.41) is 14.2. The van der Waals surface area contributed by atoms with E-state index in [1.807, 2.05) is 19.1 Å². The van der Waals surface area contributed by atoms with Crippen LogP contribution in [0.2, 0.25) is 5.02 Å². The monoisotopic (exact) mass is 909 g/mol. The van der Waals surface area contributed by atoms with Crippen molar-refractivity contribution >= 4 is 52.1 Å². The summed E-state index contributed by atoms with van der Waals surface area (Å²) in [6.07, 6.45) is 4.66. The van der Waals surface area contributed by atoms with Gasteiger partial charge in [0.15, 0.2) is 6.61 Å². The molecule has 65 heavy (non-hydrogen) atoms. The molecular formula is C47H53ClFN9O7. The summed E-state index contributed by atoms with van der Waals surface area (Å²) < 4.78 is 26.9. The molecule has 0 spiro atoms. The summed E-state index contributed by atoms with van der Waals surface area (Å²) in [6.45, 7) is 12.4. The Morgan fingerprint density at radius 1 is 0.938 bits per heavy atom. The minimum absolute atomic E-state index is 0.0110. The smallest absolute Gasteiger partial charge is 0.328 e. The number of benzene rings is 2. The zero-order valence-corrected chi connectivity index (χ0v) is 37.7. The van der Waals surface area contributed by atoms with Crippen molar-refractivity contribution in [1.29, 1.82) is 0 Å². The quantitative estimate of drug-likeness (QED) is 0.115. The molecule has 16 nitrogen and oxygen atoms in total. The van der Waals surface area contributed by atoms with Crippen LogP contribution < -0.4 is 19.7 Å². The van der Waals surface area contributed by atoms with E-state index in [-0.39, 0.29) is 62.2 Å². The number of H-pyrrole nitrogens is 1. The van der Waals surface area contributed by atoms with E-state index in [0.717, 1.165) is 29.8 Å². The Kier molecular flexibility index (Phi) is 13.1. The highest BCUT2D eigenvalue weighted by Crippen LogP contribution is 2.37. The highest BCUT2D eigenvalue weighted by atomic mass is 35.5. The van der Waals surface area contributed by atoms with Crippen LogP contribution in [0.1, 0.15) is 51.2 Å². The summed E-state index contributed by atoms with van der Waals surface area (Å²) in [5.41, 5.74) is 3.96. The van der Waals surface area contributed by atoms with Gasteiger partial charge in [-0.2, -0.15) is 0 Å². The zero-order chi connectivity index (χ0) is 46.0. The Hall–Kier alpha value is -6.17. The van der Waals surface area contributed by atoms with Gasteiger partial charge in [0.1, 0.15) is 29.1 Å². The highest BCUT2D eigenvalue weighted by Gasteiger charge is 2.45. The van der Waals surface area contributed by atoms with Crippen LogP contribution in [0, 0.1) is 18.2 Å². The molecular weight excluding hydrogens is 857 g/mol. The van der Waals surface area contributed by atoms with Crippen molar-refractivity contribution < 1.29 is 38.1 Å². The Morgan fingerprint density at radius 3 is 2.45 bits per heavy atom. The molecule has 3 N–H and O–H groups in total. The maximum absolute atomic E-state index is 15.2. The Morgan fingerprint density at radius 2 is 1.72 bits per heavy atom. The number of carbonyl (C=O) groups excluding carboxylic acids is 4. The Labute approximate surface area is 381 Å². The van der Waals surface area contributed by atoms with E-state index in [4.69, 9.17) is 21.1 Å². The van der Waals surface area contributed by atoms with E-state index >= 15 is 4.39 Å². The number of hydrogen-bond acceptors (Lipinski definition) is 11. The molecule has 6 heterocycles. The van der Waals surface area contributed by atoms with E-state index in [0.29, 0.717) is 89.4 Å². The van der Waals surface area contributed by atoms with Crippen molar-refractivity contribution in [2.24, 2.45) is 5.41 Å². The number of nitrogens with zero attached hydrogens (tertiary/aromatic N) is 7. The third-order valence-electron chi connectivity index (χ3n) is 12.0. The lowest BCUT2D eigenvalue weighted by Crippen LogP contribution is -2.64. The fourth-order valence-electron chi connectivity index (χ4n) is 8.82. The molecule has 0 saturated carbocycles. The van der Waals surface area contributed by atoms with Crippen molar-refractivity contribution in [3.63, 3.8) is 0 Å². The maximum atomic E-state index is 15.2. The molecule has 3 aromatic heterocycles. The number of rotatable bonds is 14. The van der Waals surface area contributed by atoms with Crippen LogP contribution >= 0.6 is 11.6 Å². The minimum atomic E-state index is -0.904. The van der Waals surface area contributed by atoms with Crippen LogP contribution in [-0.2, 0) is 20.8 Å². The van der Waals surface area contributed by atoms with Gasteiger partial charge in [-0.1, -0.05) is 32.4 Å². The first-order valence-electron chi connectivity index (χ1n) is 21.8. The lowest BCUT2D eigenvalue weighted by molar-refractivity contribution is -0.159. The fraction of sp³-hybridized carbons (Fsp3) is 0.426. The van der Waals surface area contributed by atoms with E-state index < -0.39 is 17.4 Å². The first kappa shape index (κ1) is 45.4. The van der Waals surface area contributed by atoms with E-state index in [1.54, 1.807) is 40.3 Å². The number of fused-ring (bicyclic) bond motifs is 1. The molecule has 0 atom stereocenters. The molecule has 3 aliphatic rings.